The van der Waals surface area contributed by atoms with Crippen LogP contribution in [0, 0.1) is 24.1 Å². The molecule has 0 bridgehead atoms. The quantitative estimate of drug-likeness (QED) is 0.504. The number of nitrogens with two attached hydrogens (primary N) is 1. The second-order valence-corrected chi connectivity index (χ2v) is 8.37. The minimum atomic E-state index is -0.705. The van der Waals surface area contributed by atoms with E-state index in [0.29, 0.717) is 19.5 Å². The van der Waals surface area contributed by atoms with E-state index in [4.69, 9.17) is 12.2 Å². The van der Waals surface area contributed by atoms with E-state index in [-0.39, 0.29) is 48.8 Å². The topological polar surface area (TPSA) is 104 Å². The number of carbonyl (C=O) groups excluding carboxylic acids is 1. The summed E-state index contributed by atoms with van der Waals surface area (Å²) >= 11 is 0. The summed E-state index contributed by atoms with van der Waals surface area (Å²) in [6.45, 7) is 6.82. The van der Waals surface area contributed by atoms with Gasteiger partial charge in [-0.2, -0.15) is 0 Å². The first kappa shape index (κ1) is 25.9. The van der Waals surface area contributed by atoms with Crippen LogP contribution in [0.15, 0.2) is 33.9 Å². The first-order valence-corrected chi connectivity index (χ1v) is 11.0. The molecule has 9 heteroatoms. The fourth-order valence-electron chi connectivity index (χ4n) is 3.48. The molecule has 33 heavy (non-hydrogen) atoms. The van der Waals surface area contributed by atoms with Crippen LogP contribution < -0.4 is 21.9 Å². The van der Waals surface area contributed by atoms with Gasteiger partial charge in [-0.05, 0) is 30.0 Å². The molecule has 0 atom stereocenters. The summed E-state index contributed by atoms with van der Waals surface area (Å²) in [5.74, 6) is 1.88. The SMILES string of the molecule is C#CCN(CC(=O)N(CCCC)c1c(N)n(CC(C)C)c(=O)[nH]c1=O)Cc1ccc(F)cc1. The number of nitrogen functional groups attached to an aromatic ring is 1. The number of aromatic nitrogens is 2. The second kappa shape index (κ2) is 12.0. The maximum Gasteiger partial charge on any atom is 0.330 e. The van der Waals surface area contributed by atoms with Crippen molar-refractivity contribution >= 4 is 17.4 Å². The monoisotopic (exact) mass is 457 g/mol. The van der Waals surface area contributed by atoms with Crippen LogP contribution in [-0.2, 0) is 17.9 Å². The number of nitrogens with zero attached hydrogens (tertiary/aromatic N) is 3. The van der Waals surface area contributed by atoms with Crippen LogP contribution in [0.5, 0.6) is 0 Å². The molecule has 1 amide bonds. The average molecular weight is 458 g/mol. The maximum absolute atomic E-state index is 13.4. The fourth-order valence-corrected chi connectivity index (χ4v) is 3.48. The number of hydrogen-bond acceptors (Lipinski definition) is 5. The maximum atomic E-state index is 13.4. The van der Waals surface area contributed by atoms with Crippen molar-refractivity contribution in [2.45, 2.75) is 46.7 Å². The summed E-state index contributed by atoms with van der Waals surface area (Å²) < 4.78 is 14.5. The molecule has 0 saturated carbocycles. The Morgan fingerprint density at radius 3 is 2.52 bits per heavy atom. The van der Waals surface area contributed by atoms with Crippen molar-refractivity contribution in [2.75, 3.05) is 30.3 Å². The van der Waals surface area contributed by atoms with Gasteiger partial charge in [0, 0.05) is 19.6 Å². The third-order valence-corrected chi connectivity index (χ3v) is 5.06. The molecule has 178 valence electrons. The van der Waals surface area contributed by atoms with Crippen LogP contribution in [0.2, 0.25) is 0 Å². The van der Waals surface area contributed by atoms with Crippen LogP contribution in [0.1, 0.15) is 39.2 Å². The number of H-pyrrole nitrogens is 1. The molecule has 2 aromatic rings. The van der Waals surface area contributed by atoms with E-state index in [9.17, 15) is 18.8 Å². The minimum absolute atomic E-state index is 0.0314. The van der Waals surface area contributed by atoms with E-state index in [1.165, 1.54) is 21.6 Å². The molecule has 2 rings (SSSR count). The fraction of sp³-hybridized carbons (Fsp3) is 0.458. The molecular formula is C24H32FN5O3. The van der Waals surface area contributed by atoms with Crippen molar-refractivity contribution in [2.24, 2.45) is 5.92 Å². The summed E-state index contributed by atoms with van der Waals surface area (Å²) in [6, 6.07) is 5.94. The Bertz CT molecular complexity index is 1100. The molecule has 1 aromatic heterocycles. The number of rotatable bonds is 11. The van der Waals surface area contributed by atoms with Gasteiger partial charge in [-0.15, -0.1) is 6.42 Å². The highest BCUT2D eigenvalue weighted by Gasteiger charge is 2.25. The summed E-state index contributed by atoms with van der Waals surface area (Å²) in [5.41, 5.74) is 5.69. The first-order valence-electron chi connectivity index (χ1n) is 11.0. The van der Waals surface area contributed by atoms with E-state index in [1.54, 1.807) is 17.0 Å². The molecule has 0 aliphatic rings. The zero-order valence-corrected chi connectivity index (χ0v) is 19.4. The third-order valence-electron chi connectivity index (χ3n) is 5.06. The second-order valence-electron chi connectivity index (χ2n) is 8.37. The smallest absolute Gasteiger partial charge is 0.330 e. The highest BCUT2D eigenvalue weighted by atomic mass is 19.1. The van der Waals surface area contributed by atoms with Crippen molar-refractivity contribution in [3.63, 3.8) is 0 Å². The van der Waals surface area contributed by atoms with Gasteiger partial charge in [0.2, 0.25) is 5.91 Å². The molecule has 3 N–H and O–H groups in total. The van der Waals surface area contributed by atoms with Gasteiger partial charge in [0.1, 0.15) is 11.6 Å². The number of terminal acetylenes is 1. The molecule has 0 unspecified atom stereocenters. The number of anilines is 2. The normalized spacial score (nSPS) is 11.1. The van der Waals surface area contributed by atoms with Gasteiger partial charge in [-0.25, -0.2) is 9.18 Å². The van der Waals surface area contributed by atoms with Crippen molar-refractivity contribution in [3.8, 4) is 12.3 Å². The van der Waals surface area contributed by atoms with Crippen LogP contribution in [0.4, 0.5) is 15.9 Å². The van der Waals surface area contributed by atoms with Gasteiger partial charge in [-0.1, -0.05) is 45.2 Å². The van der Waals surface area contributed by atoms with Crippen molar-refractivity contribution < 1.29 is 9.18 Å². The number of aromatic amines is 1. The highest BCUT2D eigenvalue weighted by molar-refractivity contribution is 5.96. The number of carbonyl (C=O) groups is 1. The summed E-state index contributed by atoms with van der Waals surface area (Å²) in [4.78, 5) is 43.7. The van der Waals surface area contributed by atoms with Crippen LogP contribution >= 0.6 is 0 Å². The van der Waals surface area contributed by atoms with Gasteiger partial charge in [0.15, 0.2) is 5.69 Å². The summed E-state index contributed by atoms with van der Waals surface area (Å²) in [5, 5.41) is 0. The zero-order chi connectivity index (χ0) is 24.5. The Kier molecular flexibility index (Phi) is 9.43. The highest BCUT2D eigenvalue weighted by Crippen LogP contribution is 2.19. The van der Waals surface area contributed by atoms with Crippen LogP contribution in [0.25, 0.3) is 0 Å². The standard InChI is InChI=1S/C24H32FN5O3/c1-5-7-13-29(21-22(26)30(14-17(3)4)24(33)27-23(21)32)20(31)16-28(12-6-2)15-18-8-10-19(25)11-9-18/h2,8-11,17H,5,7,12-16,26H2,1,3-4H3,(H,27,32,33). The number of hydrogen-bond donors (Lipinski definition) is 2. The van der Waals surface area contributed by atoms with Crippen LogP contribution in [-0.4, -0.2) is 40.0 Å². The molecule has 0 saturated heterocycles. The number of unbranched alkanes of at least 4 members (excludes halogenated alkanes) is 1. The molecule has 8 nitrogen and oxygen atoms in total. The van der Waals surface area contributed by atoms with Gasteiger partial charge >= 0.3 is 5.69 Å². The third kappa shape index (κ3) is 7.05. The Morgan fingerprint density at radius 1 is 1.27 bits per heavy atom. The lowest BCUT2D eigenvalue weighted by Crippen LogP contribution is -2.45. The van der Waals surface area contributed by atoms with Crippen molar-refractivity contribution in [1.82, 2.24) is 14.5 Å². The summed E-state index contributed by atoms with van der Waals surface area (Å²) in [6.07, 6.45) is 6.92. The summed E-state index contributed by atoms with van der Waals surface area (Å²) in [7, 11) is 0. The molecule has 0 fully saturated rings. The Labute approximate surface area is 193 Å². The van der Waals surface area contributed by atoms with E-state index < -0.39 is 11.2 Å². The molecule has 0 aliphatic heterocycles. The lowest BCUT2D eigenvalue weighted by molar-refractivity contribution is -0.119. The van der Waals surface area contributed by atoms with Crippen LogP contribution in [0.3, 0.4) is 0 Å². The lowest BCUT2D eigenvalue weighted by Gasteiger charge is -2.27. The molecule has 1 heterocycles. The van der Waals surface area contributed by atoms with E-state index in [1.807, 2.05) is 20.8 Å². The minimum Gasteiger partial charge on any atom is -0.383 e. The lowest BCUT2D eigenvalue weighted by atomic mass is 10.2. The Morgan fingerprint density at radius 2 is 1.94 bits per heavy atom. The first-order chi connectivity index (χ1) is 15.7. The van der Waals surface area contributed by atoms with Gasteiger partial charge in [0.25, 0.3) is 5.56 Å². The number of nitrogens with one attached hydrogen (secondary N) is 1. The molecular weight excluding hydrogens is 425 g/mol. The van der Waals surface area contributed by atoms with E-state index in [2.05, 4.69) is 10.9 Å². The Hall–Kier alpha value is -3.38. The predicted octanol–water partition coefficient (Wildman–Crippen LogP) is 2.18. The molecule has 0 aliphatic carbocycles. The van der Waals surface area contributed by atoms with Gasteiger partial charge < -0.3 is 10.6 Å². The number of halogens is 1. The van der Waals surface area contributed by atoms with E-state index >= 15 is 0 Å². The van der Waals surface area contributed by atoms with E-state index in [0.717, 1.165) is 12.0 Å². The van der Waals surface area contributed by atoms with Crippen molar-refractivity contribution in [3.05, 3.63) is 56.5 Å². The molecule has 1 aromatic carbocycles. The largest absolute Gasteiger partial charge is 0.383 e. The number of benzene rings is 1. The molecule has 0 radical (unpaired) electrons. The zero-order valence-electron chi connectivity index (χ0n) is 19.4. The average Bonchev–Trinajstić information content (AvgIpc) is 2.74. The van der Waals surface area contributed by atoms with Crippen molar-refractivity contribution in [1.29, 1.82) is 0 Å². The van der Waals surface area contributed by atoms with Gasteiger partial charge in [-0.3, -0.25) is 24.0 Å². The predicted molar refractivity (Wildman–Crippen MR) is 128 cm³/mol. The number of amides is 1. The Balaban J connectivity index is 2.39. The van der Waals surface area contributed by atoms with Gasteiger partial charge in [0.05, 0.1) is 13.1 Å². The molecule has 0 spiro atoms.